The maximum atomic E-state index is 13.9. The maximum Gasteiger partial charge on any atom is 0.293 e. The summed E-state index contributed by atoms with van der Waals surface area (Å²) in [6, 6.07) is 35.8. The molecule has 7 rings (SSSR count). The smallest absolute Gasteiger partial charge is 0.293 e. The summed E-state index contributed by atoms with van der Waals surface area (Å²) in [5, 5.41) is 4.07. The molecule has 2 heterocycles. The number of aryl methyl sites for hydroxylation is 2. The second-order valence-electron chi connectivity index (χ2n) is 12.9. The van der Waals surface area contributed by atoms with Gasteiger partial charge in [0.05, 0.1) is 25.4 Å². The van der Waals surface area contributed by atoms with Crippen molar-refractivity contribution in [3.63, 3.8) is 0 Å². The Morgan fingerprint density at radius 3 is 2.36 bits per heavy atom. The molecule has 2 aromatic heterocycles. The number of aromatic nitrogens is 3. The minimum absolute atomic E-state index is 0.00394. The first-order valence-corrected chi connectivity index (χ1v) is 21.9. The molecule has 0 saturated carbocycles. The van der Waals surface area contributed by atoms with Crippen LogP contribution in [0.25, 0.3) is 0 Å². The van der Waals surface area contributed by atoms with E-state index in [0.717, 1.165) is 60.4 Å². The molecule has 1 aliphatic carbocycles. The zero-order valence-corrected chi connectivity index (χ0v) is 32.7. The van der Waals surface area contributed by atoms with Crippen molar-refractivity contribution in [2.24, 2.45) is 0 Å². The van der Waals surface area contributed by atoms with Crippen molar-refractivity contribution >= 4 is 40.0 Å². The first-order chi connectivity index (χ1) is 25.9. The lowest BCUT2D eigenvalue weighted by molar-refractivity contribution is 0.305. The van der Waals surface area contributed by atoms with E-state index in [1.54, 1.807) is 18.3 Å². The number of unbranched alkanes of at least 4 members (excludes halogenated alkanes) is 1. The van der Waals surface area contributed by atoms with Crippen LogP contribution < -0.4 is 19.8 Å². The van der Waals surface area contributed by atoms with Crippen molar-refractivity contribution in [3.05, 3.63) is 176 Å². The Kier molecular flexibility index (Phi) is 12.3. The SMILES string of the molecule is O=c1c(Cl)c(Oc2ccc(CCCCOc3ccc(C4c5ccc(OCc6ccccc6)cc5CCC4c4ccc(F)cc4)cc3)nc2)cnn1PI. The van der Waals surface area contributed by atoms with E-state index in [0.29, 0.717) is 19.0 Å². The third-order valence-electron chi connectivity index (χ3n) is 9.45. The summed E-state index contributed by atoms with van der Waals surface area (Å²) in [6.45, 7) is 1.11. The first kappa shape index (κ1) is 37.0. The van der Waals surface area contributed by atoms with Crippen molar-refractivity contribution in [3.8, 4) is 23.0 Å². The second kappa shape index (κ2) is 17.7. The normalized spacial score (nSPS) is 15.3. The zero-order valence-electron chi connectivity index (χ0n) is 28.8. The van der Waals surface area contributed by atoms with Crippen LogP contribution >= 0.6 is 40.0 Å². The topological polar surface area (TPSA) is 75.5 Å². The number of halogens is 3. The van der Waals surface area contributed by atoms with Gasteiger partial charge < -0.3 is 14.2 Å². The Balaban J connectivity index is 0.954. The van der Waals surface area contributed by atoms with E-state index >= 15 is 0 Å². The molecule has 0 saturated heterocycles. The molecule has 3 unspecified atom stereocenters. The predicted octanol–water partition coefficient (Wildman–Crippen LogP) is 10.9. The molecular weight excluding hydrogens is 823 g/mol. The van der Waals surface area contributed by atoms with Gasteiger partial charge in [0.15, 0.2) is 10.8 Å². The van der Waals surface area contributed by atoms with Gasteiger partial charge >= 0.3 is 0 Å². The number of fused-ring (bicyclic) bond motifs is 1. The molecule has 6 aromatic rings. The number of ether oxygens (including phenoxy) is 3. The lowest BCUT2D eigenvalue weighted by Gasteiger charge is -2.35. The van der Waals surface area contributed by atoms with Gasteiger partial charge in [-0.25, -0.2) is 8.84 Å². The lowest BCUT2D eigenvalue weighted by Crippen LogP contribution is -2.20. The Morgan fingerprint density at radius 2 is 1.60 bits per heavy atom. The van der Waals surface area contributed by atoms with Gasteiger partial charge in [-0.05, 0) is 136 Å². The Hall–Kier alpha value is -4.31. The average molecular weight is 860 g/mol. The highest BCUT2D eigenvalue weighted by molar-refractivity contribution is 14.2. The molecule has 0 N–H and O–H groups in total. The van der Waals surface area contributed by atoms with E-state index in [4.69, 9.17) is 25.8 Å². The number of pyridine rings is 1. The zero-order chi connectivity index (χ0) is 36.6. The number of hydrogen-bond donors (Lipinski definition) is 0. The quantitative estimate of drug-likeness (QED) is 0.0617. The van der Waals surface area contributed by atoms with Crippen LogP contribution in [0.5, 0.6) is 23.0 Å². The average Bonchev–Trinajstić information content (AvgIpc) is 3.20. The van der Waals surface area contributed by atoms with Crippen LogP contribution in [-0.2, 0) is 19.4 Å². The molecular formula is C42H37ClFIN3O4P. The van der Waals surface area contributed by atoms with E-state index in [1.165, 1.54) is 27.3 Å². The van der Waals surface area contributed by atoms with E-state index in [9.17, 15) is 9.18 Å². The maximum absolute atomic E-state index is 13.9. The van der Waals surface area contributed by atoms with Gasteiger partial charge in [0.2, 0.25) is 0 Å². The van der Waals surface area contributed by atoms with Crippen molar-refractivity contribution < 1.29 is 18.6 Å². The number of rotatable bonds is 14. The summed E-state index contributed by atoms with van der Waals surface area (Å²) in [7, 11) is 0. The summed E-state index contributed by atoms with van der Waals surface area (Å²) >= 11 is 8.25. The lowest BCUT2D eigenvalue weighted by atomic mass is 9.69. The fraction of sp³-hybridized carbons (Fsp3) is 0.214. The fourth-order valence-electron chi connectivity index (χ4n) is 6.77. The molecule has 53 heavy (non-hydrogen) atoms. The van der Waals surface area contributed by atoms with Crippen molar-refractivity contribution in [1.29, 1.82) is 0 Å². The van der Waals surface area contributed by atoms with Crippen molar-refractivity contribution in [2.75, 3.05) is 6.61 Å². The van der Waals surface area contributed by atoms with E-state index in [2.05, 4.69) is 86.7 Å². The summed E-state index contributed by atoms with van der Waals surface area (Å²) < 4.78 is 33.3. The molecule has 270 valence electrons. The summed E-state index contributed by atoms with van der Waals surface area (Å²) in [5.41, 5.74) is 6.60. The Morgan fingerprint density at radius 1 is 0.849 bits per heavy atom. The molecule has 0 fully saturated rings. The van der Waals surface area contributed by atoms with E-state index in [1.807, 2.05) is 42.5 Å². The minimum Gasteiger partial charge on any atom is -0.494 e. The van der Waals surface area contributed by atoms with Crippen LogP contribution in [0.15, 0.2) is 126 Å². The molecule has 1 aliphatic rings. The van der Waals surface area contributed by atoms with Crippen molar-refractivity contribution in [2.45, 2.75) is 50.5 Å². The standard InChI is InChI=1S/C42H37ClFIN3O4P/c43-41-39(26-47-48(53-45)42(41)49)52-36-19-16-33(46-25-36)8-4-5-23-50-34-17-11-30(12-18-34)40-37(29-9-14-32(44)15-10-29)21-13-31-24-35(20-22-38(31)40)51-27-28-6-2-1-3-7-28/h1-3,6-7,9-12,14-20,22,24-26,37,40,53H,4-5,8,13,21,23,27H2. The third-order valence-corrected chi connectivity index (χ3v) is 11.6. The van der Waals surface area contributed by atoms with Crippen LogP contribution in [0.3, 0.4) is 0 Å². The summed E-state index contributed by atoms with van der Waals surface area (Å²) in [6.07, 6.45) is 7.67. The predicted molar refractivity (Wildman–Crippen MR) is 217 cm³/mol. The summed E-state index contributed by atoms with van der Waals surface area (Å²) in [5.74, 6) is 2.49. The van der Waals surface area contributed by atoms with Gasteiger partial charge in [-0.3, -0.25) is 9.78 Å². The first-order valence-electron chi connectivity index (χ1n) is 17.5. The molecule has 7 nitrogen and oxygen atoms in total. The van der Waals surface area contributed by atoms with Gasteiger partial charge in [-0.15, -0.1) is 0 Å². The van der Waals surface area contributed by atoms with Gasteiger partial charge in [-0.2, -0.15) is 5.10 Å². The highest BCUT2D eigenvalue weighted by atomic mass is 127. The van der Waals surface area contributed by atoms with E-state index < -0.39 is 0 Å². The third kappa shape index (κ3) is 9.26. The highest BCUT2D eigenvalue weighted by Crippen LogP contribution is 2.47. The Bertz CT molecular complexity index is 2190. The number of hydrogen-bond acceptors (Lipinski definition) is 6. The minimum atomic E-state index is -0.384. The van der Waals surface area contributed by atoms with Gasteiger partial charge in [0, 0.05) is 11.6 Å². The van der Waals surface area contributed by atoms with Gasteiger partial charge in [0.1, 0.15) is 29.7 Å². The largest absolute Gasteiger partial charge is 0.494 e. The van der Waals surface area contributed by atoms with E-state index in [-0.39, 0.29) is 40.4 Å². The molecule has 0 bridgehead atoms. The molecule has 0 aliphatic heterocycles. The highest BCUT2D eigenvalue weighted by Gasteiger charge is 2.32. The van der Waals surface area contributed by atoms with Crippen LogP contribution in [-0.4, -0.2) is 21.1 Å². The number of nitrogens with zero attached hydrogens (tertiary/aromatic N) is 3. The van der Waals surface area contributed by atoms with Crippen LogP contribution in [0.1, 0.15) is 64.6 Å². The molecule has 0 amide bonds. The van der Waals surface area contributed by atoms with Crippen LogP contribution in [0, 0.1) is 5.82 Å². The Labute approximate surface area is 327 Å². The molecule has 11 heteroatoms. The molecule has 0 radical (unpaired) electrons. The van der Waals surface area contributed by atoms with Gasteiger partial charge in [-0.1, -0.05) is 72.3 Å². The molecule has 0 spiro atoms. The van der Waals surface area contributed by atoms with Crippen LogP contribution in [0.4, 0.5) is 4.39 Å². The number of benzene rings is 4. The molecule has 3 atom stereocenters. The van der Waals surface area contributed by atoms with Crippen LogP contribution in [0.2, 0.25) is 5.02 Å². The second-order valence-corrected chi connectivity index (χ2v) is 15.3. The fourth-order valence-corrected chi connectivity index (χ4v) is 8.33. The molecule has 4 aromatic carbocycles. The van der Waals surface area contributed by atoms with Crippen molar-refractivity contribution in [1.82, 2.24) is 14.5 Å². The van der Waals surface area contributed by atoms with Gasteiger partial charge in [0.25, 0.3) is 5.56 Å². The monoisotopic (exact) mass is 859 g/mol. The summed E-state index contributed by atoms with van der Waals surface area (Å²) in [4.78, 5) is 16.7.